The fourth-order valence-electron chi connectivity index (χ4n) is 2.03. The Hall–Kier alpha value is -1.10. The van der Waals surface area contributed by atoms with Crippen LogP contribution in [0, 0.1) is 11.8 Å². The minimum Gasteiger partial charge on any atom is -0.469 e. The molecule has 0 rings (SSSR count). The summed E-state index contributed by atoms with van der Waals surface area (Å²) in [6.45, 7) is 8.99. The monoisotopic (exact) mass is 286 g/mol. The second-order valence-electron chi connectivity index (χ2n) is 6.06. The molecule has 0 aliphatic carbocycles. The van der Waals surface area contributed by atoms with Gasteiger partial charge in [0.2, 0.25) is 5.91 Å². The van der Waals surface area contributed by atoms with Crippen LogP contribution < -0.4 is 5.32 Å². The van der Waals surface area contributed by atoms with Crippen molar-refractivity contribution in [2.75, 3.05) is 27.2 Å². The minimum atomic E-state index is -0.248. The van der Waals surface area contributed by atoms with Crippen LogP contribution in [0.3, 0.4) is 0 Å². The summed E-state index contributed by atoms with van der Waals surface area (Å²) in [5.41, 5.74) is 0. The molecule has 0 radical (unpaired) electrons. The van der Waals surface area contributed by atoms with E-state index < -0.39 is 0 Å². The fourth-order valence-corrected chi connectivity index (χ4v) is 2.03. The molecule has 1 N–H and O–H groups in total. The van der Waals surface area contributed by atoms with Gasteiger partial charge in [-0.05, 0) is 32.7 Å². The molecule has 2 atom stereocenters. The van der Waals surface area contributed by atoms with Crippen LogP contribution >= 0.6 is 0 Å². The molecule has 0 aliphatic heterocycles. The number of methoxy groups -OCH3 is 1. The maximum atomic E-state index is 11.9. The zero-order valence-electron chi connectivity index (χ0n) is 13.7. The number of nitrogens with zero attached hydrogens (tertiary/aromatic N) is 1. The fraction of sp³-hybridized carbons (Fsp3) is 0.867. The molecule has 118 valence electrons. The Morgan fingerprint density at radius 3 is 2.25 bits per heavy atom. The lowest BCUT2D eigenvalue weighted by Gasteiger charge is -2.21. The number of ether oxygens (including phenoxy) is 1. The van der Waals surface area contributed by atoms with Crippen molar-refractivity contribution in [3.8, 4) is 0 Å². The van der Waals surface area contributed by atoms with E-state index in [9.17, 15) is 9.59 Å². The van der Waals surface area contributed by atoms with Gasteiger partial charge in [-0.15, -0.1) is 0 Å². The molecule has 5 nitrogen and oxygen atoms in total. The highest BCUT2D eigenvalue weighted by molar-refractivity contribution is 5.78. The summed E-state index contributed by atoms with van der Waals surface area (Å²) in [5, 5.41) is 2.99. The van der Waals surface area contributed by atoms with Crippen LogP contribution in [0.5, 0.6) is 0 Å². The van der Waals surface area contributed by atoms with Crippen molar-refractivity contribution in [1.82, 2.24) is 10.2 Å². The average Bonchev–Trinajstić information content (AvgIpc) is 2.34. The molecule has 0 aromatic rings. The zero-order valence-corrected chi connectivity index (χ0v) is 13.7. The van der Waals surface area contributed by atoms with Crippen molar-refractivity contribution in [2.24, 2.45) is 11.8 Å². The molecular formula is C15H30N2O3. The topological polar surface area (TPSA) is 58.6 Å². The second kappa shape index (κ2) is 9.75. The molecule has 20 heavy (non-hydrogen) atoms. The third kappa shape index (κ3) is 8.91. The zero-order chi connectivity index (χ0) is 15.7. The Labute approximate surface area is 123 Å². The van der Waals surface area contributed by atoms with Crippen LogP contribution in [0.15, 0.2) is 0 Å². The van der Waals surface area contributed by atoms with E-state index in [1.807, 2.05) is 18.9 Å². The van der Waals surface area contributed by atoms with Crippen molar-refractivity contribution in [2.45, 2.75) is 46.6 Å². The molecular weight excluding hydrogens is 256 g/mol. The first-order valence-corrected chi connectivity index (χ1v) is 7.32. The van der Waals surface area contributed by atoms with E-state index in [4.69, 9.17) is 0 Å². The number of amides is 1. The van der Waals surface area contributed by atoms with Crippen LogP contribution in [0.1, 0.15) is 40.5 Å². The lowest BCUT2D eigenvalue weighted by atomic mass is 10.0. The minimum absolute atomic E-state index is 0.000761. The van der Waals surface area contributed by atoms with Gasteiger partial charge in [-0.1, -0.05) is 20.8 Å². The molecule has 0 aromatic carbocycles. The molecule has 0 bridgehead atoms. The largest absolute Gasteiger partial charge is 0.469 e. The molecule has 0 spiro atoms. The van der Waals surface area contributed by atoms with Crippen molar-refractivity contribution in [1.29, 1.82) is 0 Å². The second-order valence-corrected chi connectivity index (χ2v) is 6.06. The van der Waals surface area contributed by atoms with Gasteiger partial charge < -0.3 is 10.1 Å². The molecule has 0 aliphatic rings. The van der Waals surface area contributed by atoms with Crippen molar-refractivity contribution in [3.05, 3.63) is 0 Å². The number of hydrogen-bond donors (Lipinski definition) is 1. The third-order valence-electron chi connectivity index (χ3n) is 3.19. The van der Waals surface area contributed by atoms with Crippen LogP contribution in [-0.2, 0) is 14.3 Å². The van der Waals surface area contributed by atoms with Crippen molar-refractivity contribution >= 4 is 11.9 Å². The summed E-state index contributed by atoms with van der Waals surface area (Å²) in [4.78, 5) is 25.0. The predicted molar refractivity (Wildman–Crippen MR) is 80.4 cm³/mol. The molecule has 0 saturated heterocycles. The van der Waals surface area contributed by atoms with Gasteiger partial charge in [0.15, 0.2) is 0 Å². The van der Waals surface area contributed by atoms with Gasteiger partial charge in [-0.2, -0.15) is 0 Å². The van der Waals surface area contributed by atoms with Crippen molar-refractivity contribution in [3.63, 3.8) is 0 Å². The quantitative estimate of drug-likeness (QED) is 0.655. The van der Waals surface area contributed by atoms with Crippen LogP contribution in [0.25, 0.3) is 0 Å². The molecule has 0 fully saturated rings. The summed E-state index contributed by atoms with van der Waals surface area (Å²) < 4.78 is 4.67. The molecule has 1 amide bonds. The van der Waals surface area contributed by atoms with E-state index in [0.29, 0.717) is 19.0 Å². The maximum Gasteiger partial charge on any atom is 0.309 e. The van der Waals surface area contributed by atoms with Crippen LogP contribution in [0.4, 0.5) is 0 Å². The van der Waals surface area contributed by atoms with Gasteiger partial charge in [0.05, 0.1) is 19.6 Å². The number of carbonyl (C=O) groups is 2. The van der Waals surface area contributed by atoms with E-state index in [1.54, 1.807) is 6.92 Å². The Kier molecular flexibility index (Phi) is 9.21. The number of esters is 1. The van der Waals surface area contributed by atoms with Crippen LogP contribution in [0.2, 0.25) is 0 Å². The number of likely N-dealkylation sites (N-methyl/N-ethyl adjacent to an activating group) is 1. The lowest BCUT2D eigenvalue weighted by Crippen LogP contribution is -2.41. The number of nitrogens with one attached hydrogen (secondary N) is 1. The van der Waals surface area contributed by atoms with Gasteiger partial charge in [0.25, 0.3) is 0 Å². The number of hydrogen-bond acceptors (Lipinski definition) is 4. The summed E-state index contributed by atoms with van der Waals surface area (Å²) >= 11 is 0. The SMILES string of the molecule is COC(=O)C(C)CN(C)CC(=O)NC(C)CCC(C)C. The molecule has 2 unspecified atom stereocenters. The first-order valence-electron chi connectivity index (χ1n) is 7.32. The lowest BCUT2D eigenvalue weighted by molar-refractivity contribution is -0.145. The Morgan fingerprint density at radius 2 is 1.75 bits per heavy atom. The Bertz CT molecular complexity index is 305. The molecule has 0 aromatic heterocycles. The summed E-state index contributed by atoms with van der Waals surface area (Å²) in [7, 11) is 3.21. The number of rotatable bonds is 9. The predicted octanol–water partition coefficient (Wildman–Crippen LogP) is 1.67. The highest BCUT2D eigenvalue weighted by Crippen LogP contribution is 2.06. The highest BCUT2D eigenvalue weighted by Gasteiger charge is 2.17. The van der Waals surface area contributed by atoms with Gasteiger partial charge in [0, 0.05) is 12.6 Å². The standard InChI is InChI=1S/C15H30N2O3/c1-11(2)7-8-13(4)16-14(18)10-17(5)9-12(3)15(19)20-6/h11-13H,7-10H2,1-6H3,(H,16,18). The first kappa shape index (κ1) is 18.9. The van der Waals surface area contributed by atoms with Crippen molar-refractivity contribution < 1.29 is 14.3 Å². The summed E-state index contributed by atoms with van der Waals surface area (Å²) in [6.07, 6.45) is 2.10. The molecule has 0 heterocycles. The van der Waals surface area contributed by atoms with Gasteiger partial charge >= 0.3 is 5.97 Å². The summed E-state index contributed by atoms with van der Waals surface area (Å²) in [6, 6.07) is 0.191. The normalized spacial score (nSPS) is 14.2. The number of carbonyl (C=O) groups excluding carboxylic acids is 2. The van der Waals surface area contributed by atoms with E-state index in [-0.39, 0.29) is 23.8 Å². The van der Waals surface area contributed by atoms with Crippen LogP contribution in [-0.4, -0.2) is 50.1 Å². The van der Waals surface area contributed by atoms with Gasteiger partial charge in [-0.3, -0.25) is 14.5 Å². The van der Waals surface area contributed by atoms with Gasteiger partial charge in [0.1, 0.15) is 0 Å². The molecule has 5 heteroatoms. The maximum absolute atomic E-state index is 11.9. The van der Waals surface area contributed by atoms with E-state index >= 15 is 0 Å². The average molecular weight is 286 g/mol. The van der Waals surface area contributed by atoms with E-state index in [0.717, 1.165) is 12.8 Å². The van der Waals surface area contributed by atoms with E-state index in [1.165, 1.54) is 7.11 Å². The third-order valence-corrected chi connectivity index (χ3v) is 3.19. The summed E-state index contributed by atoms with van der Waals surface area (Å²) in [5.74, 6) is 0.178. The Morgan fingerprint density at radius 1 is 1.15 bits per heavy atom. The smallest absolute Gasteiger partial charge is 0.309 e. The molecule has 0 saturated carbocycles. The highest BCUT2D eigenvalue weighted by atomic mass is 16.5. The van der Waals surface area contributed by atoms with E-state index in [2.05, 4.69) is 23.9 Å². The van der Waals surface area contributed by atoms with Gasteiger partial charge in [-0.25, -0.2) is 0 Å². The first-order chi connectivity index (χ1) is 9.26. The Balaban J connectivity index is 3.98.